The standard InChI is InChI=1S/C40H78O5/c1-3-5-7-9-11-13-15-17-19-21-23-25-27-29-31-33-35-40(43)45-37-38(41)36-44-39(42)34-32-30-28-26-24-22-20-18-16-14-12-10-8-6-4-2/h38,41H,3-37H2,1-2H3/t38-/m1/s1. The van der Waals surface area contributed by atoms with Crippen molar-refractivity contribution in [2.24, 2.45) is 0 Å². The first kappa shape index (κ1) is 43.9. The molecule has 0 saturated carbocycles. The van der Waals surface area contributed by atoms with Gasteiger partial charge in [0.25, 0.3) is 0 Å². The number of carbonyl (C=O) groups is 2. The minimum Gasteiger partial charge on any atom is -0.463 e. The van der Waals surface area contributed by atoms with E-state index in [1.54, 1.807) is 0 Å². The Balaban J connectivity index is 3.37. The van der Waals surface area contributed by atoms with Crippen LogP contribution in [0.5, 0.6) is 0 Å². The van der Waals surface area contributed by atoms with E-state index >= 15 is 0 Å². The summed E-state index contributed by atoms with van der Waals surface area (Å²) in [7, 11) is 0. The highest BCUT2D eigenvalue weighted by atomic mass is 16.6. The minimum atomic E-state index is -0.954. The first-order chi connectivity index (χ1) is 22.1. The first-order valence-corrected chi connectivity index (χ1v) is 20.1. The van der Waals surface area contributed by atoms with E-state index in [0.717, 1.165) is 25.7 Å². The fourth-order valence-electron chi connectivity index (χ4n) is 6.03. The van der Waals surface area contributed by atoms with Crippen molar-refractivity contribution in [3.8, 4) is 0 Å². The van der Waals surface area contributed by atoms with E-state index in [9.17, 15) is 14.7 Å². The average Bonchev–Trinajstić information content (AvgIpc) is 3.04. The molecule has 268 valence electrons. The largest absolute Gasteiger partial charge is 0.463 e. The molecule has 0 unspecified atom stereocenters. The van der Waals surface area contributed by atoms with Crippen molar-refractivity contribution in [1.29, 1.82) is 0 Å². The van der Waals surface area contributed by atoms with Gasteiger partial charge in [-0.2, -0.15) is 0 Å². The third-order valence-electron chi connectivity index (χ3n) is 9.09. The van der Waals surface area contributed by atoms with Gasteiger partial charge < -0.3 is 14.6 Å². The molecule has 0 aromatic carbocycles. The van der Waals surface area contributed by atoms with Crippen molar-refractivity contribution >= 4 is 11.9 Å². The highest BCUT2D eigenvalue weighted by molar-refractivity contribution is 5.69. The molecular weight excluding hydrogens is 560 g/mol. The fourth-order valence-corrected chi connectivity index (χ4v) is 6.03. The molecule has 0 aliphatic heterocycles. The molecule has 1 N–H and O–H groups in total. The Bertz CT molecular complexity index is 607. The maximum Gasteiger partial charge on any atom is 0.305 e. The van der Waals surface area contributed by atoms with Crippen molar-refractivity contribution in [3.05, 3.63) is 0 Å². The van der Waals surface area contributed by atoms with Crippen LogP contribution in [0.15, 0.2) is 0 Å². The summed E-state index contributed by atoms with van der Waals surface area (Å²) in [6, 6.07) is 0. The molecule has 5 heteroatoms. The average molecular weight is 639 g/mol. The van der Waals surface area contributed by atoms with Gasteiger partial charge in [0.2, 0.25) is 0 Å². The van der Waals surface area contributed by atoms with Crippen molar-refractivity contribution in [2.75, 3.05) is 13.2 Å². The number of ether oxygens (including phenoxy) is 2. The van der Waals surface area contributed by atoms with Crippen molar-refractivity contribution in [2.45, 2.75) is 232 Å². The molecule has 0 aromatic rings. The monoisotopic (exact) mass is 639 g/mol. The maximum absolute atomic E-state index is 12.0. The number of hydrogen-bond acceptors (Lipinski definition) is 5. The van der Waals surface area contributed by atoms with Gasteiger partial charge >= 0.3 is 11.9 Å². The zero-order chi connectivity index (χ0) is 32.9. The van der Waals surface area contributed by atoms with Crippen LogP contribution in [-0.2, 0) is 19.1 Å². The van der Waals surface area contributed by atoms with E-state index in [1.165, 1.54) is 173 Å². The topological polar surface area (TPSA) is 72.8 Å². The summed E-state index contributed by atoms with van der Waals surface area (Å²) < 4.78 is 10.3. The number of hydrogen-bond donors (Lipinski definition) is 1. The summed E-state index contributed by atoms with van der Waals surface area (Å²) in [5.74, 6) is -0.549. The SMILES string of the molecule is CCCCCCCCCCCCCCCCCCC(=O)OC[C@H](O)COC(=O)CCCCCCCCCCCCCCCCC. The van der Waals surface area contributed by atoms with Gasteiger partial charge in [-0.15, -0.1) is 0 Å². The molecular formula is C40H78O5. The Kier molecular flexibility index (Phi) is 36.4. The lowest BCUT2D eigenvalue weighted by atomic mass is 10.0. The van der Waals surface area contributed by atoms with E-state index in [2.05, 4.69) is 13.8 Å². The molecule has 0 rings (SSSR count). The third-order valence-corrected chi connectivity index (χ3v) is 9.09. The van der Waals surface area contributed by atoms with E-state index in [4.69, 9.17) is 9.47 Å². The number of carbonyl (C=O) groups excluding carboxylic acids is 2. The molecule has 1 atom stereocenters. The lowest BCUT2D eigenvalue weighted by Crippen LogP contribution is -2.25. The Hall–Kier alpha value is -1.10. The summed E-state index contributed by atoms with van der Waals surface area (Å²) in [6.07, 6.45) is 40.1. The second-order valence-electron chi connectivity index (χ2n) is 13.8. The molecule has 0 fully saturated rings. The van der Waals surface area contributed by atoms with Gasteiger partial charge in [-0.3, -0.25) is 9.59 Å². The molecule has 0 spiro atoms. The Morgan fingerprint density at radius 3 is 0.800 bits per heavy atom. The zero-order valence-corrected chi connectivity index (χ0v) is 30.4. The summed E-state index contributed by atoms with van der Waals surface area (Å²) in [5, 5.41) is 10.0. The van der Waals surface area contributed by atoms with Crippen LogP contribution >= 0.6 is 0 Å². The minimum absolute atomic E-state index is 0.107. The third kappa shape index (κ3) is 37.2. The summed E-state index contributed by atoms with van der Waals surface area (Å²) in [5.41, 5.74) is 0. The summed E-state index contributed by atoms with van der Waals surface area (Å²) in [6.45, 7) is 4.33. The van der Waals surface area contributed by atoms with Gasteiger partial charge in [0.05, 0.1) is 0 Å². The quantitative estimate of drug-likeness (QED) is 0.0541. The molecule has 0 radical (unpaired) electrons. The first-order valence-electron chi connectivity index (χ1n) is 20.1. The number of aliphatic hydroxyl groups is 1. The second-order valence-corrected chi connectivity index (χ2v) is 13.8. The zero-order valence-electron chi connectivity index (χ0n) is 30.4. The van der Waals surface area contributed by atoms with Crippen LogP contribution in [-0.4, -0.2) is 36.4 Å². The Morgan fingerprint density at radius 1 is 0.378 bits per heavy atom. The van der Waals surface area contributed by atoms with E-state index in [0.29, 0.717) is 12.8 Å². The van der Waals surface area contributed by atoms with E-state index in [-0.39, 0.29) is 25.2 Å². The Labute approximate surface area is 280 Å². The van der Waals surface area contributed by atoms with Crippen LogP contribution < -0.4 is 0 Å². The molecule has 0 aromatic heterocycles. The van der Waals surface area contributed by atoms with Crippen molar-refractivity contribution in [1.82, 2.24) is 0 Å². The fraction of sp³-hybridized carbons (Fsp3) is 0.950. The van der Waals surface area contributed by atoms with Gasteiger partial charge in [0.1, 0.15) is 19.3 Å². The predicted octanol–water partition coefficient (Wildman–Crippen LogP) is 12.3. The van der Waals surface area contributed by atoms with Gasteiger partial charge in [-0.1, -0.05) is 200 Å². The maximum atomic E-state index is 12.0. The van der Waals surface area contributed by atoms with Gasteiger partial charge in [0.15, 0.2) is 0 Å². The van der Waals surface area contributed by atoms with Gasteiger partial charge in [-0.25, -0.2) is 0 Å². The molecule has 45 heavy (non-hydrogen) atoms. The van der Waals surface area contributed by atoms with E-state index in [1.807, 2.05) is 0 Å². The summed E-state index contributed by atoms with van der Waals surface area (Å²) >= 11 is 0. The molecule has 0 heterocycles. The van der Waals surface area contributed by atoms with Gasteiger partial charge in [-0.05, 0) is 12.8 Å². The highest BCUT2D eigenvalue weighted by Crippen LogP contribution is 2.15. The second kappa shape index (κ2) is 37.4. The van der Waals surface area contributed by atoms with Crippen molar-refractivity contribution in [3.63, 3.8) is 0 Å². The number of rotatable bonds is 37. The number of unbranched alkanes of at least 4 members (excludes halogenated alkanes) is 29. The van der Waals surface area contributed by atoms with Crippen LogP contribution in [0.4, 0.5) is 0 Å². The molecule has 0 aliphatic rings. The van der Waals surface area contributed by atoms with Crippen LogP contribution in [0.3, 0.4) is 0 Å². The van der Waals surface area contributed by atoms with Crippen LogP contribution in [0.25, 0.3) is 0 Å². The van der Waals surface area contributed by atoms with E-state index < -0.39 is 6.10 Å². The van der Waals surface area contributed by atoms with Crippen LogP contribution in [0.1, 0.15) is 226 Å². The molecule has 0 bridgehead atoms. The number of aliphatic hydroxyl groups excluding tert-OH is 1. The van der Waals surface area contributed by atoms with Crippen LogP contribution in [0.2, 0.25) is 0 Å². The predicted molar refractivity (Wildman–Crippen MR) is 192 cm³/mol. The summed E-state index contributed by atoms with van der Waals surface area (Å²) in [4.78, 5) is 23.9. The van der Waals surface area contributed by atoms with Crippen LogP contribution in [0, 0.1) is 0 Å². The highest BCUT2D eigenvalue weighted by Gasteiger charge is 2.12. The van der Waals surface area contributed by atoms with Crippen molar-refractivity contribution < 1.29 is 24.2 Å². The molecule has 0 amide bonds. The smallest absolute Gasteiger partial charge is 0.305 e. The normalized spacial score (nSPS) is 12.0. The number of esters is 2. The molecule has 0 aliphatic carbocycles. The van der Waals surface area contributed by atoms with Gasteiger partial charge in [0, 0.05) is 12.8 Å². The molecule has 5 nitrogen and oxygen atoms in total. The lowest BCUT2D eigenvalue weighted by Gasteiger charge is -2.12. The Morgan fingerprint density at radius 2 is 0.578 bits per heavy atom. The molecule has 0 saturated heterocycles. The lowest BCUT2D eigenvalue weighted by molar-refractivity contribution is -0.152.